The Hall–Kier alpha value is -2.70. The number of fused-ring (bicyclic) bond motifs is 4. The smallest absolute Gasteiger partial charge is 0.290 e. The quantitative estimate of drug-likeness (QED) is 0.540. The van der Waals surface area contributed by atoms with E-state index in [1.165, 1.54) is 49.9 Å². The molecular formula is C27H35N3O3. The molecule has 2 aromatic rings. The van der Waals surface area contributed by atoms with Crippen molar-refractivity contribution >= 4 is 18.4 Å². The van der Waals surface area contributed by atoms with Gasteiger partial charge < -0.3 is 25.4 Å². The van der Waals surface area contributed by atoms with E-state index < -0.39 is 0 Å². The van der Waals surface area contributed by atoms with Crippen LogP contribution in [-0.2, 0) is 39.9 Å². The molecule has 2 spiro atoms. The zero-order valence-electron chi connectivity index (χ0n) is 19.7. The molecule has 6 heteroatoms. The maximum Gasteiger partial charge on any atom is 0.290 e. The molecule has 2 aliphatic heterocycles. The van der Waals surface area contributed by atoms with E-state index in [-0.39, 0.29) is 6.47 Å². The van der Waals surface area contributed by atoms with E-state index in [2.05, 4.69) is 54.2 Å². The van der Waals surface area contributed by atoms with Gasteiger partial charge in [-0.3, -0.25) is 4.79 Å². The van der Waals surface area contributed by atoms with Crippen molar-refractivity contribution < 1.29 is 14.7 Å². The number of anilines is 1. The van der Waals surface area contributed by atoms with Crippen LogP contribution in [0.25, 0.3) is 0 Å². The molecule has 2 fully saturated rings. The van der Waals surface area contributed by atoms with Crippen LogP contribution in [0.4, 0.5) is 5.69 Å². The molecular weight excluding hydrogens is 414 g/mol. The molecule has 6 rings (SSSR count). The summed E-state index contributed by atoms with van der Waals surface area (Å²) in [5.41, 5.74) is 14.8. The van der Waals surface area contributed by atoms with E-state index in [4.69, 9.17) is 15.6 Å². The van der Waals surface area contributed by atoms with Gasteiger partial charge >= 0.3 is 0 Å². The number of nitrogens with two attached hydrogens (primary N) is 1. The minimum Gasteiger partial charge on any atom is -0.483 e. The Morgan fingerprint density at radius 1 is 0.879 bits per heavy atom. The van der Waals surface area contributed by atoms with Crippen molar-refractivity contribution in [1.29, 1.82) is 0 Å². The normalized spacial score (nSPS) is 20.9. The van der Waals surface area contributed by atoms with Gasteiger partial charge in [-0.05, 0) is 79.7 Å². The van der Waals surface area contributed by atoms with Crippen molar-refractivity contribution in [2.45, 2.75) is 56.0 Å². The minimum atomic E-state index is -0.250. The van der Waals surface area contributed by atoms with Crippen molar-refractivity contribution in [1.82, 2.24) is 9.80 Å². The van der Waals surface area contributed by atoms with Crippen molar-refractivity contribution in [2.24, 2.45) is 0 Å². The summed E-state index contributed by atoms with van der Waals surface area (Å²) in [5, 5.41) is 6.89. The van der Waals surface area contributed by atoms with Gasteiger partial charge in [-0.15, -0.1) is 0 Å². The number of rotatable bonds is 2. The summed E-state index contributed by atoms with van der Waals surface area (Å²) >= 11 is 0. The van der Waals surface area contributed by atoms with Crippen LogP contribution in [0.15, 0.2) is 36.4 Å². The average molecular weight is 450 g/mol. The second-order valence-electron chi connectivity index (χ2n) is 10.3. The van der Waals surface area contributed by atoms with Gasteiger partial charge in [0, 0.05) is 49.1 Å². The number of nitrogen functional groups attached to an aromatic ring is 1. The van der Waals surface area contributed by atoms with Gasteiger partial charge in [0.05, 0.1) is 0 Å². The molecule has 6 nitrogen and oxygen atoms in total. The maximum absolute atomic E-state index is 10.5. The summed E-state index contributed by atoms with van der Waals surface area (Å²) in [6, 6.07) is 13.0. The fourth-order valence-corrected chi connectivity index (χ4v) is 5.83. The molecule has 2 saturated carbocycles. The SMILES string of the molecule is CN1Cc2cc(CC=O)ccc2C2(CC2)C1.CN1Cc2cc(N)ccc2C2(CC2)C1.O=CO. The van der Waals surface area contributed by atoms with E-state index in [9.17, 15) is 4.79 Å². The fourth-order valence-electron chi connectivity index (χ4n) is 5.83. The first-order chi connectivity index (χ1) is 15.8. The molecule has 0 bridgehead atoms. The number of nitrogens with zero attached hydrogens (tertiary/aromatic N) is 2. The minimum absolute atomic E-state index is 0.250. The van der Waals surface area contributed by atoms with Crippen LogP contribution in [0.2, 0.25) is 0 Å². The lowest BCUT2D eigenvalue weighted by Crippen LogP contribution is -2.35. The summed E-state index contributed by atoms with van der Waals surface area (Å²) < 4.78 is 0. The van der Waals surface area contributed by atoms with Crippen molar-refractivity contribution in [2.75, 3.05) is 32.9 Å². The average Bonchev–Trinajstić information content (AvgIpc) is 3.68. The second-order valence-corrected chi connectivity index (χ2v) is 10.3. The molecule has 2 aromatic carbocycles. The zero-order valence-corrected chi connectivity index (χ0v) is 19.7. The predicted octanol–water partition coefficient (Wildman–Crippen LogP) is 3.35. The van der Waals surface area contributed by atoms with Crippen LogP contribution in [0.5, 0.6) is 0 Å². The van der Waals surface area contributed by atoms with Gasteiger partial charge in [-0.2, -0.15) is 0 Å². The number of carboxylic acid groups (broad SMARTS) is 1. The molecule has 0 atom stereocenters. The van der Waals surface area contributed by atoms with Crippen LogP contribution in [0, 0.1) is 0 Å². The lowest BCUT2D eigenvalue weighted by molar-refractivity contribution is -0.122. The summed E-state index contributed by atoms with van der Waals surface area (Å²) in [7, 11) is 4.39. The topological polar surface area (TPSA) is 86.9 Å². The maximum atomic E-state index is 10.5. The molecule has 2 heterocycles. The first-order valence-electron chi connectivity index (χ1n) is 11.7. The third-order valence-electron chi connectivity index (χ3n) is 7.49. The Kier molecular flexibility index (Phi) is 6.59. The highest BCUT2D eigenvalue weighted by atomic mass is 16.3. The highest BCUT2D eigenvalue weighted by Crippen LogP contribution is 2.53. The number of likely N-dealkylation sites (N-methyl/N-ethyl adjacent to an activating group) is 2. The van der Waals surface area contributed by atoms with Gasteiger partial charge in [0.2, 0.25) is 0 Å². The van der Waals surface area contributed by atoms with Crippen LogP contribution in [0.1, 0.15) is 53.5 Å². The van der Waals surface area contributed by atoms with Crippen LogP contribution < -0.4 is 5.73 Å². The van der Waals surface area contributed by atoms with E-state index in [1.807, 2.05) is 6.07 Å². The van der Waals surface area contributed by atoms with Crippen molar-refractivity contribution in [3.05, 3.63) is 64.2 Å². The summed E-state index contributed by atoms with van der Waals surface area (Å²) in [6.45, 7) is 4.27. The number of carbonyl (C=O) groups excluding carboxylic acids is 1. The van der Waals surface area contributed by atoms with Gasteiger partial charge in [0.25, 0.3) is 6.47 Å². The van der Waals surface area contributed by atoms with E-state index in [0.717, 1.165) is 30.6 Å². The Morgan fingerprint density at radius 2 is 1.36 bits per heavy atom. The zero-order chi connectivity index (χ0) is 23.6. The Morgan fingerprint density at radius 3 is 1.85 bits per heavy atom. The standard InChI is InChI=1S/C14H17NO.C12H16N2.CH2O2/c1-15-9-12-8-11(4-7-16)2-3-13(12)14(10-15)5-6-14;1-14-7-9-6-10(13)2-3-11(9)12(8-14)4-5-12;2-1-3/h2-3,7-8H,4-6,9-10H2,1H3;2-3,6H,4-5,7-8,13H2,1H3;1H,(H,2,3). The number of benzene rings is 2. The van der Waals surface area contributed by atoms with E-state index >= 15 is 0 Å². The molecule has 33 heavy (non-hydrogen) atoms. The first-order valence-corrected chi connectivity index (χ1v) is 11.7. The summed E-state index contributed by atoms with van der Waals surface area (Å²) in [6.07, 6.45) is 6.91. The fraction of sp³-hybridized carbons (Fsp3) is 0.481. The van der Waals surface area contributed by atoms with Gasteiger partial charge in [-0.1, -0.05) is 24.3 Å². The Bertz CT molecular complexity index is 1030. The van der Waals surface area contributed by atoms with E-state index in [1.54, 1.807) is 11.1 Å². The molecule has 0 aromatic heterocycles. The van der Waals surface area contributed by atoms with Crippen LogP contribution in [-0.4, -0.2) is 54.8 Å². The predicted molar refractivity (Wildman–Crippen MR) is 130 cm³/mol. The Labute approximate surface area is 196 Å². The first kappa shape index (κ1) is 23.5. The second kappa shape index (κ2) is 9.27. The third-order valence-corrected chi connectivity index (χ3v) is 7.49. The number of hydrogen-bond acceptors (Lipinski definition) is 5. The number of carbonyl (C=O) groups is 2. The molecule has 3 N–H and O–H groups in total. The highest BCUT2D eigenvalue weighted by Gasteiger charge is 2.49. The molecule has 0 saturated heterocycles. The lowest BCUT2D eigenvalue weighted by atomic mass is 9.86. The van der Waals surface area contributed by atoms with Crippen LogP contribution in [0.3, 0.4) is 0 Å². The van der Waals surface area contributed by atoms with Gasteiger partial charge in [0.15, 0.2) is 0 Å². The highest BCUT2D eigenvalue weighted by molar-refractivity contribution is 5.56. The van der Waals surface area contributed by atoms with E-state index in [0.29, 0.717) is 17.3 Å². The number of hydrogen-bond donors (Lipinski definition) is 2. The Balaban J connectivity index is 0.000000142. The van der Waals surface area contributed by atoms with Gasteiger partial charge in [-0.25, -0.2) is 0 Å². The summed E-state index contributed by atoms with van der Waals surface area (Å²) in [5.74, 6) is 0. The molecule has 2 aliphatic carbocycles. The largest absolute Gasteiger partial charge is 0.483 e. The molecule has 0 radical (unpaired) electrons. The number of aldehydes is 1. The molecule has 4 aliphatic rings. The van der Waals surface area contributed by atoms with Crippen molar-refractivity contribution in [3.8, 4) is 0 Å². The summed E-state index contributed by atoms with van der Waals surface area (Å²) in [4.78, 5) is 23.7. The lowest BCUT2D eigenvalue weighted by Gasteiger charge is -2.32. The van der Waals surface area contributed by atoms with Gasteiger partial charge in [0.1, 0.15) is 6.29 Å². The molecule has 0 unspecified atom stereocenters. The molecule has 176 valence electrons. The molecule has 0 amide bonds. The third kappa shape index (κ3) is 4.97. The van der Waals surface area contributed by atoms with Crippen molar-refractivity contribution in [3.63, 3.8) is 0 Å². The monoisotopic (exact) mass is 449 g/mol. The van der Waals surface area contributed by atoms with Crippen LogP contribution >= 0.6 is 0 Å².